The highest BCUT2D eigenvalue weighted by Crippen LogP contribution is 2.28. The molecule has 1 aliphatic heterocycles. The van der Waals surface area contributed by atoms with E-state index in [4.69, 9.17) is 4.74 Å². The minimum absolute atomic E-state index is 0.158. The Bertz CT molecular complexity index is 370. The van der Waals surface area contributed by atoms with Crippen molar-refractivity contribution in [2.24, 2.45) is 0 Å². The van der Waals surface area contributed by atoms with E-state index >= 15 is 0 Å². The van der Waals surface area contributed by atoms with Gasteiger partial charge in [-0.25, -0.2) is 9.97 Å². The van der Waals surface area contributed by atoms with Crippen LogP contribution in [0.5, 0.6) is 0 Å². The normalized spacial score (nSPS) is 20.7. The maximum Gasteiger partial charge on any atom is 0.151 e. The molecule has 16 heavy (non-hydrogen) atoms. The smallest absolute Gasteiger partial charge is 0.151 e. The summed E-state index contributed by atoms with van der Waals surface area (Å²) in [4.78, 5) is 8.77. The minimum atomic E-state index is 0.158. The monoisotopic (exact) mass is 218 g/mol. The van der Waals surface area contributed by atoms with E-state index in [1.54, 1.807) is 6.08 Å². The fourth-order valence-corrected chi connectivity index (χ4v) is 2.04. The molecule has 0 aliphatic carbocycles. The molecule has 0 bridgehead atoms. The topological polar surface area (TPSA) is 35.0 Å². The molecule has 1 aliphatic rings. The standard InChI is InChI=1S/C13H18N2O/c1-3-10-9-14-12(4-2)15-13(10)11-7-5-6-8-16-11/h4,9,11H,2-3,5-8H2,1H3. The van der Waals surface area contributed by atoms with Gasteiger partial charge in [0.05, 0.1) is 11.8 Å². The van der Waals surface area contributed by atoms with Crippen LogP contribution in [0.15, 0.2) is 12.8 Å². The van der Waals surface area contributed by atoms with E-state index < -0.39 is 0 Å². The van der Waals surface area contributed by atoms with Gasteiger partial charge in [-0.2, -0.15) is 0 Å². The summed E-state index contributed by atoms with van der Waals surface area (Å²) >= 11 is 0. The fraction of sp³-hybridized carbons (Fsp3) is 0.538. The van der Waals surface area contributed by atoms with Gasteiger partial charge in [0.25, 0.3) is 0 Å². The van der Waals surface area contributed by atoms with Crippen molar-refractivity contribution in [3.8, 4) is 0 Å². The molecule has 1 saturated heterocycles. The SMILES string of the molecule is C=Cc1ncc(CC)c(C2CCCCO2)n1. The molecule has 1 aromatic rings. The Morgan fingerprint density at radius 2 is 2.44 bits per heavy atom. The zero-order valence-electron chi connectivity index (χ0n) is 9.78. The first-order valence-electron chi connectivity index (χ1n) is 5.95. The molecule has 0 aromatic carbocycles. The van der Waals surface area contributed by atoms with Crippen LogP contribution in [0.2, 0.25) is 0 Å². The highest BCUT2D eigenvalue weighted by molar-refractivity contribution is 5.37. The van der Waals surface area contributed by atoms with Gasteiger partial charge in [0.15, 0.2) is 5.82 Å². The van der Waals surface area contributed by atoms with Crippen LogP contribution in [-0.4, -0.2) is 16.6 Å². The first kappa shape index (κ1) is 11.3. The Balaban J connectivity index is 2.31. The molecule has 1 atom stereocenters. The third-order valence-electron chi connectivity index (χ3n) is 2.96. The number of rotatable bonds is 3. The number of nitrogens with zero attached hydrogens (tertiary/aromatic N) is 2. The summed E-state index contributed by atoms with van der Waals surface area (Å²) in [5, 5.41) is 0. The Labute approximate surface area is 96.6 Å². The third-order valence-corrected chi connectivity index (χ3v) is 2.96. The molecule has 0 radical (unpaired) electrons. The lowest BCUT2D eigenvalue weighted by Gasteiger charge is -2.23. The maximum atomic E-state index is 5.78. The lowest BCUT2D eigenvalue weighted by atomic mass is 10.0. The van der Waals surface area contributed by atoms with Crippen molar-refractivity contribution in [2.45, 2.75) is 38.7 Å². The van der Waals surface area contributed by atoms with E-state index in [0.29, 0.717) is 5.82 Å². The van der Waals surface area contributed by atoms with E-state index in [-0.39, 0.29) is 6.10 Å². The molecule has 1 aromatic heterocycles. The molecule has 0 spiro atoms. The number of hydrogen-bond donors (Lipinski definition) is 0. The van der Waals surface area contributed by atoms with Gasteiger partial charge in [-0.1, -0.05) is 13.5 Å². The van der Waals surface area contributed by atoms with E-state index in [2.05, 4.69) is 23.5 Å². The molecule has 3 nitrogen and oxygen atoms in total. The fourth-order valence-electron chi connectivity index (χ4n) is 2.04. The molecule has 2 heterocycles. The summed E-state index contributed by atoms with van der Waals surface area (Å²) in [7, 11) is 0. The molecule has 1 unspecified atom stereocenters. The van der Waals surface area contributed by atoms with E-state index in [1.165, 1.54) is 12.0 Å². The average Bonchev–Trinajstić information content (AvgIpc) is 2.39. The summed E-state index contributed by atoms with van der Waals surface area (Å²) in [6.45, 7) is 6.68. The Morgan fingerprint density at radius 3 is 3.06 bits per heavy atom. The van der Waals surface area contributed by atoms with Crippen molar-refractivity contribution in [2.75, 3.05) is 6.61 Å². The predicted octanol–water partition coefficient (Wildman–Crippen LogP) is 2.92. The van der Waals surface area contributed by atoms with Crippen molar-refractivity contribution >= 4 is 6.08 Å². The number of aryl methyl sites for hydroxylation is 1. The van der Waals surface area contributed by atoms with Crippen molar-refractivity contribution in [3.63, 3.8) is 0 Å². The van der Waals surface area contributed by atoms with Crippen LogP contribution < -0.4 is 0 Å². The van der Waals surface area contributed by atoms with Crippen molar-refractivity contribution in [3.05, 3.63) is 29.9 Å². The van der Waals surface area contributed by atoms with Crippen molar-refractivity contribution in [1.82, 2.24) is 9.97 Å². The van der Waals surface area contributed by atoms with Gasteiger partial charge < -0.3 is 4.74 Å². The van der Waals surface area contributed by atoms with Crippen LogP contribution in [0.4, 0.5) is 0 Å². The maximum absolute atomic E-state index is 5.78. The molecule has 3 heteroatoms. The van der Waals surface area contributed by atoms with E-state index in [1.807, 2.05) is 6.20 Å². The van der Waals surface area contributed by atoms with E-state index in [0.717, 1.165) is 31.6 Å². The molecule has 0 saturated carbocycles. The second-order valence-electron chi connectivity index (χ2n) is 4.05. The Kier molecular flexibility index (Phi) is 3.67. The lowest BCUT2D eigenvalue weighted by molar-refractivity contribution is 0.0116. The highest BCUT2D eigenvalue weighted by atomic mass is 16.5. The molecule has 0 N–H and O–H groups in total. The van der Waals surface area contributed by atoms with Gasteiger partial charge in [0.2, 0.25) is 0 Å². The van der Waals surface area contributed by atoms with Crippen LogP contribution in [0.25, 0.3) is 6.08 Å². The highest BCUT2D eigenvalue weighted by Gasteiger charge is 2.20. The van der Waals surface area contributed by atoms with Crippen LogP contribution in [0.3, 0.4) is 0 Å². The van der Waals surface area contributed by atoms with E-state index in [9.17, 15) is 0 Å². The second kappa shape index (κ2) is 5.21. The molecule has 1 fully saturated rings. The molecule has 86 valence electrons. The molecular weight excluding hydrogens is 200 g/mol. The number of hydrogen-bond acceptors (Lipinski definition) is 3. The summed E-state index contributed by atoms with van der Waals surface area (Å²) in [6.07, 6.45) is 8.15. The summed E-state index contributed by atoms with van der Waals surface area (Å²) in [5.41, 5.74) is 2.25. The van der Waals surface area contributed by atoms with Gasteiger partial charge in [-0.05, 0) is 37.3 Å². The summed E-state index contributed by atoms with van der Waals surface area (Å²) in [5.74, 6) is 0.696. The van der Waals surface area contributed by atoms with Crippen molar-refractivity contribution < 1.29 is 4.74 Å². The Morgan fingerprint density at radius 1 is 1.56 bits per heavy atom. The van der Waals surface area contributed by atoms with Crippen LogP contribution in [0, 0.1) is 0 Å². The molecule has 2 rings (SSSR count). The average molecular weight is 218 g/mol. The number of ether oxygens (including phenoxy) is 1. The first-order chi connectivity index (χ1) is 7.85. The van der Waals surface area contributed by atoms with Crippen LogP contribution in [-0.2, 0) is 11.2 Å². The first-order valence-corrected chi connectivity index (χ1v) is 5.95. The largest absolute Gasteiger partial charge is 0.372 e. The lowest BCUT2D eigenvalue weighted by Crippen LogP contribution is -2.15. The van der Waals surface area contributed by atoms with Crippen LogP contribution in [0.1, 0.15) is 49.4 Å². The van der Waals surface area contributed by atoms with Crippen LogP contribution >= 0.6 is 0 Å². The molecule has 0 amide bonds. The predicted molar refractivity (Wildman–Crippen MR) is 64.0 cm³/mol. The Hall–Kier alpha value is -1.22. The third kappa shape index (κ3) is 2.30. The van der Waals surface area contributed by atoms with Gasteiger partial charge in [0.1, 0.15) is 0 Å². The molecular formula is C13H18N2O. The van der Waals surface area contributed by atoms with Gasteiger partial charge in [-0.3, -0.25) is 0 Å². The summed E-state index contributed by atoms with van der Waals surface area (Å²) < 4.78 is 5.78. The second-order valence-corrected chi connectivity index (χ2v) is 4.05. The quantitative estimate of drug-likeness (QED) is 0.782. The minimum Gasteiger partial charge on any atom is -0.372 e. The summed E-state index contributed by atoms with van der Waals surface area (Å²) in [6, 6.07) is 0. The van der Waals surface area contributed by atoms with Gasteiger partial charge in [0, 0.05) is 12.8 Å². The van der Waals surface area contributed by atoms with Gasteiger partial charge in [-0.15, -0.1) is 0 Å². The zero-order valence-corrected chi connectivity index (χ0v) is 9.78. The zero-order chi connectivity index (χ0) is 11.4. The number of aromatic nitrogens is 2. The van der Waals surface area contributed by atoms with Crippen molar-refractivity contribution in [1.29, 1.82) is 0 Å². The van der Waals surface area contributed by atoms with Gasteiger partial charge >= 0.3 is 0 Å².